The molecule has 0 aliphatic rings. The molecular weight excluding hydrogens is 416 g/mol. The highest BCUT2D eigenvalue weighted by Crippen LogP contribution is 2.24. The number of aromatic nitrogens is 4. The molecule has 3 aromatic heterocycles. The molecular formula is C21H20N6OS2. The molecule has 9 heteroatoms. The lowest BCUT2D eigenvalue weighted by atomic mass is 10.1. The first-order chi connectivity index (χ1) is 14.4. The van der Waals surface area contributed by atoms with Crippen molar-refractivity contribution in [1.82, 2.24) is 19.9 Å². The standard InChI is InChI=1S/C21H20N6OS2/c1-12-7-13(2)23-20(22-12)27-21-26-17(10-30-21)9-19(28)25-16-6-4-5-15(8-16)18-11-29-14(3)24-18/h4-8,10-11H,9H2,1-3H3,(H,25,28)(H,22,23,26,27). The van der Waals surface area contributed by atoms with Crippen LogP contribution in [0.1, 0.15) is 22.1 Å². The highest BCUT2D eigenvalue weighted by atomic mass is 32.1. The topological polar surface area (TPSA) is 92.7 Å². The van der Waals surface area contributed by atoms with Crippen LogP contribution in [0.3, 0.4) is 0 Å². The van der Waals surface area contributed by atoms with Gasteiger partial charge in [-0.15, -0.1) is 22.7 Å². The van der Waals surface area contributed by atoms with Gasteiger partial charge in [-0.25, -0.2) is 19.9 Å². The summed E-state index contributed by atoms with van der Waals surface area (Å²) in [4.78, 5) is 30.2. The average molecular weight is 437 g/mol. The number of carbonyl (C=O) groups is 1. The van der Waals surface area contributed by atoms with Crippen molar-refractivity contribution in [1.29, 1.82) is 0 Å². The molecule has 2 N–H and O–H groups in total. The summed E-state index contributed by atoms with van der Waals surface area (Å²) in [6.45, 7) is 5.81. The predicted octanol–water partition coefficient (Wildman–Crippen LogP) is 4.91. The van der Waals surface area contributed by atoms with Gasteiger partial charge in [-0.3, -0.25) is 4.79 Å². The molecule has 30 heavy (non-hydrogen) atoms. The quantitative estimate of drug-likeness (QED) is 0.446. The van der Waals surface area contributed by atoms with Crippen LogP contribution in [0.5, 0.6) is 0 Å². The number of rotatable bonds is 6. The van der Waals surface area contributed by atoms with Gasteiger partial charge in [0.25, 0.3) is 0 Å². The van der Waals surface area contributed by atoms with Crippen molar-refractivity contribution in [3.8, 4) is 11.3 Å². The van der Waals surface area contributed by atoms with Crippen LogP contribution < -0.4 is 10.6 Å². The second-order valence-corrected chi connectivity index (χ2v) is 8.72. The second kappa shape index (κ2) is 8.68. The number of anilines is 3. The smallest absolute Gasteiger partial charge is 0.230 e. The zero-order valence-electron chi connectivity index (χ0n) is 16.8. The Hall–Kier alpha value is -3.17. The molecule has 4 aromatic rings. The van der Waals surface area contributed by atoms with Crippen molar-refractivity contribution in [3.05, 3.63) is 63.2 Å². The Labute approximate surface area is 182 Å². The summed E-state index contributed by atoms with van der Waals surface area (Å²) in [6.07, 6.45) is 0.186. The third kappa shape index (κ3) is 5.05. The van der Waals surface area contributed by atoms with Gasteiger partial charge in [-0.05, 0) is 39.0 Å². The summed E-state index contributed by atoms with van der Waals surface area (Å²) < 4.78 is 0. The molecule has 3 heterocycles. The van der Waals surface area contributed by atoms with E-state index in [9.17, 15) is 4.79 Å². The number of benzene rings is 1. The molecule has 7 nitrogen and oxygen atoms in total. The van der Waals surface area contributed by atoms with E-state index in [1.165, 1.54) is 11.3 Å². The molecule has 4 rings (SSSR count). The number of nitrogens with zero attached hydrogens (tertiary/aromatic N) is 4. The van der Waals surface area contributed by atoms with Gasteiger partial charge in [0, 0.05) is 33.4 Å². The fourth-order valence-electron chi connectivity index (χ4n) is 2.95. The number of amides is 1. The normalized spacial score (nSPS) is 10.8. The van der Waals surface area contributed by atoms with Gasteiger partial charge in [0.1, 0.15) is 0 Å². The monoisotopic (exact) mass is 436 g/mol. The summed E-state index contributed by atoms with van der Waals surface area (Å²) in [5.41, 5.74) is 5.09. The SMILES string of the molecule is Cc1cc(C)nc(Nc2nc(CC(=O)Nc3cccc(-c4csc(C)n4)c3)cs2)n1. The first-order valence-corrected chi connectivity index (χ1v) is 11.1. The summed E-state index contributed by atoms with van der Waals surface area (Å²) in [7, 11) is 0. The van der Waals surface area contributed by atoms with Crippen LogP contribution in [0.25, 0.3) is 11.3 Å². The minimum Gasteiger partial charge on any atom is -0.326 e. The number of hydrogen-bond acceptors (Lipinski definition) is 8. The fraction of sp³-hybridized carbons (Fsp3) is 0.190. The summed E-state index contributed by atoms with van der Waals surface area (Å²) in [6, 6.07) is 9.60. The van der Waals surface area contributed by atoms with Gasteiger partial charge in [0.05, 0.1) is 22.8 Å². The van der Waals surface area contributed by atoms with E-state index in [0.29, 0.717) is 16.8 Å². The van der Waals surface area contributed by atoms with E-state index in [0.717, 1.165) is 33.3 Å². The van der Waals surface area contributed by atoms with E-state index < -0.39 is 0 Å². The van der Waals surface area contributed by atoms with Gasteiger partial charge in [-0.1, -0.05) is 12.1 Å². The van der Waals surface area contributed by atoms with E-state index in [-0.39, 0.29) is 12.3 Å². The molecule has 0 spiro atoms. The highest BCUT2D eigenvalue weighted by molar-refractivity contribution is 7.13. The Balaban J connectivity index is 1.39. The van der Waals surface area contributed by atoms with Crippen LogP contribution in [0.2, 0.25) is 0 Å². The largest absolute Gasteiger partial charge is 0.326 e. The van der Waals surface area contributed by atoms with Crippen molar-refractivity contribution in [2.24, 2.45) is 0 Å². The first-order valence-electron chi connectivity index (χ1n) is 9.31. The van der Waals surface area contributed by atoms with E-state index in [4.69, 9.17) is 0 Å². The molecule has 0 unspecified atom stereocenters. The molecule has 152 valence electrons. The molecule has 0 atom stereocenters. The summed E-state index contributed by atoms with van der Waals surface area (Å²) in [5, 5.41) is 11.6. The third-order valence-corrected chi connectivity index (χ3v) is 5.74. The maximum absolute atomic E-state index is 12.5. The maximum atomic E-state index is 12.5. The van der Waals surface area contributed by atoms with Crippen molar-refractivity contribution >= 4 is 45.3 Å². The van der Waals surface area contributed by atoms with Gasteiger partial charge >= 0.3 is 0 Å². The number of thiazole rings is 2. The van der Waals surface area contributed by atoms with Crippen LogP contribution in [-0.4, -0.2) is 25.8 Å². The van der Waals surface area contributed by atoms with Crippen molar-refractivity contribution in [2.75, 3.05) is 10.6 Å². The molecule has 0 fully saturated rings. The van der Waals surface area contributed by atoms with Crippen LogP contribution in [0.4, 0.5) is 16.8 Å². The Kier molecular flexibility index (Phi) is 5.82. The van der Waals surface area contributed by atoms with E-state index in [2.05, 4.69) is 30.6 Å². The maximum Gasteiger partial charge on any atom is 0.230 e. The third-order valence-electron chi connectivity index (χ3n) is 4.16. The summed E-state index contributed by atoms with van der Waals surface area (Å²) in [5.74, 6) is 0.382. The van der Waals surface area contributed by atoms with Crippen molar-refractivity contribution in [2.45, 2.75) is 27.2 Å². The number of carbonyl (C=O) groups excluding carboxylic acids is 1. The average Bonchev–Trinajstić information content (AvgIpc) is 3.30. The molecule has 0 bridgehead atoms. The van der Waals surface area contributed by atoms with Crippen LogP contribution in [0, 0.1) is 20.8 Å². The van der Waals surface area contributed by atoms with Gasteiger partial charge in [-0.2, -0.15) is 0 Å². The highest BCUT2D eigenvalue weighted by Gasteiger charge is 2.11. The number of nitrogens with one attached hydrogen (secondary N) is 2. The Morgan fingerprint density at radius 2 is 1.77 bits per heavy atom. The minimum atomic E-state index is -0.124. The lowest BCUT2D eigenvalue weighted by Gasteiger charge is -2.06. The van der Waals surface area contributed by atoms with Crippen LogP contribution >= 0.6 is 22.7 Å². The molecule has 1 aromatic carbocycles. The predicted molar refractivity (Wildman–Crippen MR) is 122 cm³/mol. The minimum absolute atomic E-state index is 0.124. The Bertz CT molecular complexity index is 1180. The van der Waals surface area contributed by atoms with Crippen molar-refractivity contribution in [3.63, 3.8) is 0 Å². The lowest BCUT2D eigenvalue weighted by Crippen LogP contribution is -2.14. The van der Waals surface area contributed by atoms with E-state index in [1.54, 1.807) is 11.3 Å². The molecule has 0 saturated carbocycles. The zero-order chi connectivity index (χ0) is 21.1. The van der Waals surface area contributed by atoms with Gasteiger partial charge in [0.2, 0.25) is 11.9 Å². The number of hydrogen-bond donors (Lipinski definition) is 2. The molecule has 0 aliphatic heterocycles. The van der Waals surface area contributed by atoms with Gasteiger partial charge < -0.3 is 10.6 Å². The number of aryl methyl sites for hydroxylation is 3. The van der Waals surface area contributed by atoms with Crippen LogP contribution in [0.15, 0.2) is 41.1 Å². The van der Waals surface area contributed by atoms with Gasteiger partial charge in [0.15, 0.2) is 5.13 Å². The second-order valence-electron chi connectivity index (χ2n) is 6.80. The molecule has 0 radical (unpaired) electrons. The van der Waals surface area contributed by atoms with E-state index in [1.807, 2.05) is 61.9 Å². The molecule has 0 saturated heterocycles. The first kappa shape index (κ1) is 20.1. The Morgan fingerprint density at radius 1 is 0.967 bits per heavy atom. The molecule has 1 amide bonds. The zero-order valence-corrected chi connectivity index (χ0v) is 18.4. The fourth-order valence-corrected chi connectivity index (χ4v) is 4.27. The van der Waals surface area contributed by atoms with Crippen LogP contribution in [-0.2, 0) is 11.2 Å². The summed E-state index contributed by atoms with van der Waals surface area (Å²) >= 11 is 3.02. The lowest BCUT2D eigenvalue weighted by molar-refractivity contribution is -0.115. The van der Waals surface area contributed by atoms with E-state index >= 15 is 0 Å². The molecule has 0 aliphatic carbocycles. The Morgan fingerprint density at radius 3 is 2.50 bits per heavy atom. The van der Waals surface area contributed by atoms with Crippen molar-refractivity contribution < 1.29 is 4.79 Å².